The second-order valence-corrected chi connectivity index (χ2v) is 9.73. The Morgan fingerprint density at radius 1 is 1.00 bits per heavy atom. The Balaban J connectivity index is 1.74. The second kappa shape index (κ2) is 11.7. The van der Waals surface area contributed by atoms with E-state index in [1.807, 2.05) is 12.1 Å². The van der Waals surface area contributed by atoms with Crippen LogP contribution in [0, 0.1) is 0 Å². The number of nitrogens with one attached hydrogen (secondary N) is 2. The van der Waals surface area contributed by atoms with Crippen molar-refractivity contribution in [2.45, 2.75) is 50.9 Å². The van der Waals surface area contributed by atoms with Crippen molar-refractivity contribution in [1.29, 1.82) is 0 Å². The summed E-state index contributed by atoms with van der Waals surface area (Å²) in [5.41, 5.74) is 5.55. The molecule has 2 amide bonds. The average molecular weight is 547 g/mol. The zero-order chi connectivity index (χ0) is 26.5. The van der Waals surface area contributed by atoms with E-state index in [0.717, 1.165) is 35.8 Å². The van der Waals surface area contributed by atoms with Gasteiger partial charge in [0.15, 0.2) is 0 Å². The van der Waals surface area contributed by atoms with Crippen molar-refractivity contribution in [1.82, 2.24) is 19.4 Å². The van der Waals surface area contributed by atoms with Crippen LogP contribution in [0.4, 0.5) is 10.7 Å². The smallest absolute Gasteiger partial charge is 0.355 e. The van der Waals surface area contributed by atoms with Crippen LogP contribution < -0.4 is 32.5 Å². The molecule has 10 nitrogen and oxygen atoms in total. The molecule has 1 saturated carbocycles. The zero-order valence-corrected chi connectivity index (χ0v) is 21.8. The second-order valence-electron chi connectivity index (χ2n) is 8.92. The number of carbonyl (C=O) groups is 1. The molecule has 4 N–H and O–H groups in total. The first-order chi connectivity index (χ1) is 17.7. The molecule has 1 aliphatic rings. The van der Waals surface area contributed by atoms with E-state index in [0.29, 0.717) is 21.4 Å². The van der Waals surface area contributed by atoms with E-state index in [1.54, 1.807) is 37.4 Å². The highest BCUT2D eigenvalue weighted by molar-refractivity contribution is 6.42. The Bertz CT molecular complexity index is 1390. The molecule has 0 saturated heterocycles. The molecule has 0 aliphatic heterocycles. The number of benzene rings is 2. The van der Waals surface area contributed by atoms with Crippen LogP contribution in [0.25, 0.3) is 0 Å². The van der Waals surface area contributed by atoms with Gasteiger partial charge in [-0.3, -0.25) is 4.57 Å². The number of amides is 2. The lowest BCUT2D eigenvalue weighted by Crippen LogP contribution is -2.51. The van der Waals surface area contributed by atoms with Gasteiger partial charge in [-0.15, -0.1) is 0 Å². The molecular formula is C25H28Cl2N6O4. The van der Waals surface area contributed by atoms with E-state index in [4.69, 9.17) is 33.7 Å². The van der Waals surface area contributed by atoms with Crippen LogP contribution in [0.3, 0.4) is 0 Å². The van der Waals surface area contributed by atoms with E-state index >= 15 is 0 Å². The number of nitrogens with zero attached hydrogens (tertiary/aromatic N) is 3. The monoisotopic (exact) mass is 546 g/mol. The summed E-state index contributed by atoms with van der Waals surface area (Å²) in [6.07, 6.45) is 3.29. The van der Waals surface area contributed by atoms with E-state index in [1.165, 1.54) is 4.57 Å². The Labute approximate surface area is 223 Å². The first kappa shape index (κ1) is 26.6. The number of anilines is 1. The van der Waals surface area contributed by atoms with Crippen molar-refractivity contribution >= 4 is 35.2 Å². The van der Waals surface area contributed by atoms with Gasteiger partial charge in [-0.2, -0.15) is 4.98 Å². The molecule has 1 aliphatic carbocycles. The first-order valence-corrected chi connectivity index (χ1v) is 12.6. The van der Waals surface area contributed by atoms with Gasteiger partial charge in [0.1, 0.15) is 5.75 Å². The summed E-state index contributed by atoms with van der Waals surface area (Å²) >= 11 is 12.1. The number of halogens is 2. The van der Waals surface area contributed by atoms with Gasteiger partial charge in [0, 0.05) is 6.04 Å². The summed E-state index contributed by atoms with van der Waals surface area (Å²) < 4.78 is 7.69. The lowest BCUT2D eigenvalue weighted by Gasteiger charge is -2.33. The normalized spacial score (nSPS) is 17.3. The highest BCUT2D eigenvalue weighted by Gasteiger charge is 2.28. The highest BCUT2D eigenvalue weighted by atomic mass is 35.5. The van der Waals surface area contributed by atoms with Crippen LogP contribution >= 0.6 is 23.2 Å². The van der Waals surface area contributed by atoms with Crippen LogP contribution in [0.2, 0.25) is 10.0 Å². The SMILES string of the molecule is COc1ccc(Cn2c(N[C@H]3CCCC[C@@H]3NC(N)=O)nc(=O)n(Cc3ccc(Cl)c(Cl)c3)c2=O)cc1. The summed E-state index contributed by atoms with van der Waals surface area (Å²) in [6, 6.07) is 11.0. The lowest BCUT2D eigenvalue weighted by molar-refractivity contribution is 0.238. The minimum atomic E-state index is -0.709. The predicted octanol–water partition coefficient (Wildman–Crippen LogP) is 3.21. The molecule has 1 heterocycles. The molecule has 37 heavy (non-hydrogen) atoms. The Morgan fingerprint density at radius 3 is 2.30 bits per heavy atom. The van der Waals surface area contributed by atoms with Crippen LogP contribution in [0.1, 0.15) is 36.8 Å². The van der Waals surface area contributed by atoms with E-state index in [2.05, 4.69) is 15.6 Å². The van der Waals surface area contributed by atoms with Crippen LogP contribution in [0.5, 0.6) is 5.75 Å². The topological polar surface area (TPSA) is 133 Å². The van der Waals surface area contributed by atoms with Gasteiger partial charge in [0.25, 0.3) is 0 Å². The fraction of sp³-hybridized carbons (Fsp3) is 0.360. The molecule has 3 aromatic rings. The number of nitrogens with two attached hydrogens (primary N) is 1. The van der Waals surface area contributed by atoms with Crippen LogP contribution in [-0.4, -0.2) is 39.3 Å². The van der Waals surface area contributed by atoms with E-state index in [-0.39, 0.29) is 31.1 Å². The largest absolute Gasteiger partial charge is 0.497 e. The predicted molar refractivity (Wildman–Crippen MR) is 143 cm³/mol. The maximum atomic E-state index is 13.7. The molecule has 2 aromatic carbocycles. The van der Waals surface area contributed by atoms with Gasteiger partial charge in [0.2, 0.25) is 5.95 Å². The quantitative estimate of drug-likeness (QED) is 0.397. The van der Waals surface area contributed by atoms with Crippen molar-refractivity contribution in [2.75, 3.05) is 12.4 Å². The summed E-state index contributed by atoms with van der Waals surface area (Å²) in [6.45, 7) is 0.125. The molecule has 196 valence electrons. The summed E-state index contributed by atoms with van der Waals surface area (Å²) in [5.74, 6) is 0.805. The minimum absolute atomic E-state index is 0.0280. The number of aromatic nitrogens is 3. The van der Waals surface area contributed by atoms with E-state index in [9.17, 15) is 14.4 Å². The molecule has 2 atom stereocenters. The molecule has 0 radical (unpaired) electrons. The van der Waals surface area contributed by atoms with Gasteiger partial charge < -0.3 is 21.1 Å². The summed E-state index contributed by atoms with van der Waals surface area (Å²) in [7, 11) is 1.57. The molecule has 1 aromatic heterocycles. The van der Waals surface area contributed by atoms with Crippen molar-refractivity contribution in [3.05, 3.63) is 84.6 Å². The first-order valence-electron chi connectivity index (χ1n) is 11.9. The Hall–Kier alpha value is -3.50. The van der Waals surface area contributed by atoms with Gasteiger partial charge in [-0.25, -0.2) is 19.0 Å². The number of primary amides is 1. The minimum Gasteiger partial charge on any atom is -0.497 e. The number of hydrogen-bond acceptors (Lipinski definition) is 6. The maximum absolute atomic E-state index is 13.7. The van der Waals surface area contributed by atoms with Gasteiger partial charge >= 0.3 is 17.4 Å². The number of ether oxygens (including phenoxy) is 1. The molecular weight excluding hydrogens is 519 g/mol. The maximum Gasteiger partial charge on any atom is 0.355 e. The van der Waals surface area contributed by atoms with Crippen molar-refractivity contribution in [2.24, 2.45) is 5.73 Å². The van der Waals surface area contributed by atoms with Crippen molar-refractivity contribution in [3.8, 4) is 5.75 Å². The number of rotatable bonds is 8. The number of methoxy groups -OCH3 is 1. The van der Waals surface area contributed by atoms with Crippen LogP contribution in [0.15, 0.2) is 52.1 Å². The number of hydrogen-bond donors (Lipinski definition) is 3. The summed E-state index contributed by atoms with van der Waals surface area (Å²) in [4.78, 5) is 42.5. The third-order valence-electron chi connectivity index (χ3n) is 6.38. The number of urea groups is 1. The summed E-state index contributed by atoms with van der Waals surface area (Å²) in [5, 5.41) is 6.70. The number of carbonyl (C=O) groups excluding carboxylic acids is 1. The van der Waals surface area contributed by atoms with Gasteiger partial charge in [-0.05, 0) is 48.2 Å². The Morgan fingerprint density at radius 2 is 1.65 bits per heavy atom. The molecule has 0 unspecified atom stereocenters. The molecule has 0 bridgehead atoms. The fourth-order valence-electron chi connectivity index (χ4n) is 4.48. The van der Waals surface area contributed by atoms with Crippen molar-refractivity contribution < 1.29 is 9.53 Å². The standard InChI is InChI=1S/C25H28Cl2N6O4/c1-37-17-9-6-15(7-10-17)13-32-23(30-21-5-3-2-4-20(21)29-22(28)34)31-24(35)33(25(32)36)14-16-8-11-18(26)19(27)12-16/h6-12,20-21H,2-5,13-14H2,1H3,(H3,28,29,34)(H,30,31,35)/t20-,21-/m0/s1. The Kier molecular flexibility index (Phi) is 8.40. The molecule has 1 fully saturated rings. The lowest BCUT2D eigenvalue weighted by atomic mass is 9.90. The molecule has 4 rings (SSSR count). The third-order valence-corrected chi connectivity index (χ3v) is 7.12. The van der Waals surface area contributed by atoms with Gasteiger partial charge in [0.05, 0.1) is 36.3 Å². The van der Waals surface area contributed by atoms with Crippen LogP contribution in [-0.2, 0) is 13.1 Å². The zero-order valence-electron chi connectivity index (χ0n) is 20.2. The third kappa shape index (κ3) is 6.44. The van der Waals surface area contributed by atoms with Crippen molar-refractivity contribution in [3.63, 3.8) is 0 Å². The highest BCUT2D eigenvalue weighted by Crippen LogP contribution is 2.23. The average Bonchev–Trinajstić information content (AvgIpc) is 2.87. The molecule has 12 heteroatoms. The fourth-order valence-corrected chi connectivity index (χ4v) is 4.80. The van der Waals surface area contributed by atoms with E-state index < -0.39 is 17.4 Å². The molecule has 0 spiro atoms. The van der Waals surface area contributed by atoms with Gasteiger partial charge in [-0.1, -0.05) is 54.2 Å².